The Hall–Kier alpha value is -2.67. The second kappa shape index (κ2) is 6.84. The first kappa shape index (κ1) is 16.2. The molecule has 0 unspecified atom stereocenters. The topological polar surface area (TPSA) is 65.7 Å². The molecule has 0 bridgehead atoms. The van der Waals surface area contributed by atoms with Gasteiger partial charge in [0, 0.05) is 0 Å². The van der Waals surface area contributed by atoms with Gasteiger partial charge in [0.1, 0.15) is 10.7 Å². The Kier molecular flexibility index (Phi) is 4.61. The molecular formula is C17H17N3O3S. The van der Waals surface area contributed by atoms with E-state index in [0.29, 0.717) is 29.3 Å². The highest BCUT2D eigenvalue weighted by molar-refractivity contribution is 7.16. The van der Waals surface area contributed by atoms with Crippen LogP contribution in [0, 0.1) is 6.92 Å². The smallest absolute Gasteiger partial charge is 0.282 e. The van der Waals surface area contributed by atoms with E-state index >= 15 is 0 Å². The summed E-state index contributed by atoms with van der Waals surface area (Å²) >= 11 is 1.44. The number of nitrogens with zero attached hydrogens (tertiary/aromatic N) is 3. The zero-order chi connectivity index (χ0) is 17.1. The molecule has 0 N–H and O–H groups in total. The van der Waals surface area contributed by atoms with E-state index in [1.807, 2.05) is 30.5 Å². The molecule has 0 radical (unpaired) electrons. The fraction of sp³-hybridized carbons (Fsp3) is 0.235. The van der Waals surface area contributed by atoms with Crippen LogP contribution >= 0.6 is 11.3 Å². The van der Waals surface area contributed by atoms with Crippen molar-refractivity contribution in [2.75, 3.05) is 13.7 Å². The predicted octanol–water partition coefficient (Wildman–Crippen LogP) is 3.06. The number of aromatic nitrogens is 2. The van der Waals surface area contributed by atoms with Crippen molar-refractivity contribution in [3.63, 3.8) is 0 Å². The van der Waals surface area contributed by atoms with Crippen LogP contribution in [0.3, 0.4) is 0 Å². The van der Waals surface area contributed by atoms with E-state index in [0.717, 1.165) is 10.4 Å². The van der Waals surface area contributed by atoms with Crippen LogP contribution in [0.15, 0.2) is 39.5 Å². The molecule has 7 heteroatoms. The number of rotatable bonds is 5. The van der Waals surface area contributed by atoms with Crippen LogP contribution in [0.1, 0.15) is 18.3 Å². The molecule has 1 aromatic carbocycles. The number of fused-ring (bicyclic) bond motifs is 1. The molecule has 0 aliphatic rings. The van der Waals surface area contributed by atoms with Gasteiger partial charge in [-0.15, -0.1) is 11.3 Å². The number of hydrogen-bond acceptors (Lipinski definition) is 6. The summed E-state index contributed by atoms with van der Waals surface area (Å²) in [6.45, 7) is 4.21. The largest absolute Gasteiger partial charge is 0.493 e. The van der Waals surface area contributed by atoms with Crippen LogP contribution in [0.5, 0.6) is 11.5 Å². The molecule has 0 spiro atoms. The first-order valence-corrected chi connectivity index (χ1v) is 8.34. The Morgan fingerprint density at radius 2 is 2.17 bits per heavy atom. The molecule has 3 aromatic rings. The van der Waals surface area contributed by atoms with Gasteiger partial charge in [0.05, 0.1) is 25.3 Å². The minimum absolute atomic E-state index is 0.173. The number of thiophene rings is 1. The molecule has 6 nitrogen and oxygen atoms in total. The molecule has 0 saturated carbocycles. The number of hydrogen-bond donors (Lipinski definition) is 0. The van der Waals surface area contributed by atoms with E-state index in [4.69, 9.17) is 9.47 Å². The number of methoxy groups -OCH3 is 1. The van der Waals surface area contributed by atoms with Crippen molar-refractivity contribution in [1.29, 1.82) is 0 Å². The lowest BCUT2D eigenvalue weighted by Gasteiger charge is -2.09. The van der Waals surface area contributed by atoms with Gasteiger partial charge in [-0.25, -0.2) is 4.98 Å². The Balaban J connectivity index is 1.99. The lowest BCUT2D eigenvalue weighted by Crippen LogP contribution is -2.19. The standard InChI is InChI=1S/C17H17N3O3S/c1-4-23-15-9-12(5-6-14(15)22-3)10-18-20-11(2)19-16-13(17(20)21)7-8-24-16/h5-10H,4H2,1-3H3/b18-10-. The van der Waals surface area contributed by atoms with E-state index in [2.05, 4.69) is 10.1 Å². The Labute approximate surface area is 143 Å². The van der Waals surface area contributed by atoms with Crippen molar-refractivity contribution in [2.24, 2.45) is 5.10 Å². The van der Waals surface area contributed by atoms with Gasteiger partial charge in [-0.2, -0.15) is 9.78 Å². The molecule has 0 saturated heterocycles. The van der Waals surface area contributed by atoms with E-state index < -0.39 is 0 Å². The maximum atomic E-state index is 12.5. The molecule has 3 rings (SSSR count). The summed E-state index contributed by atoms with van der Waals surface area (Å²) in [4.78, 5) is 17.6. The van der Waals surface area contributed by atoms with Gasteiger partial charge in [0.2, 0.25) is 0 Å². The molecule has 0 aliphatic carbocycles. The second-order valence-corrected chi connectivity index (χ2v) is 5.90. The van der Waals surface area contributed by atoms with Crippen molar-refractivity contribution in [3.8, 4) is 11.5 Å². The average Bonchev–Trinajstić information content (AvgIpc) is 3.03. The average molecular weight is 343 g/mol. The van der Waals surface area contributed by atoms with Crippen LogP contribution in [0.2, 0.25) is 0 Å². The third kappa shape index (κ3) is 3.03. The van der Waals surface area contributed by atoms with Gasteiger partial charge >= 0.3 is 0 Å². The predicted molar refractivity (Wildman–Crippen MR) is 95.8 cm³/mol. The summed E-state index contributed by atoms with van der Waals surface area (Å²) in [5.74, 6) is 1.84. The zero-order valence-electron chi connectivity index (χ0n) is 13.6. The molecule has 0 amide bonds. The summed E-state index contributed by atoms with van der Waals surface area (Å²) in [6, 6.07) is 7.24. The summed E-state index contributed by atoms with van der Waals surface area (Å²) in [5.41, 5.74) is 0.629. The Bertz CT molecular complexity index is 959. The molecule has 2 aromatic heterocycles. The number of benzene rings is 1. The summed E-state index contributed by atoms with van der Waals surface area (Å²) in [7, 11) is 1.59. The van der Waals surface area contributed by atoms with Gasteiger partial charge < -0.3 is 9.47 Å². The second-order valence-electron chi connectivity index (χ2n) is 5.00. The van der Waals surface area contributed by atoms with Gasteiger partial charge in [0.25, 0.3) is 5.56 Å². The van der Waals surface area contributed by atoms with Crippen LogP contribution in [-0.2, 0) is 0 Å². The quantitative estimate of drug-likeness (QED) is 0.668. The van der Waals surface area contributed by atoms with Gasteiger partial charge in [-0.1, -0.05) is 0 Å². The van der Waals surface area contributed by atoms with E-state index in [1.165, 1.54) is 16.0 Å². The Morgan fingerprint density at radius 1 is 1.33 bits per heavy atom. The maximum absolute atomic E-state index is 12.5. The highest BCUT2D eigenvalue weighted by atomic mass is 32.1. The molecule has 0 aliphatic heterocycles. The number of aryl methyl sites for hydroxylation is 1. The summed E-state index contributed by atoms with van der Waals surface area (Å²) < 4.78 is 12.1. The third-order valence-corrected chi connectivity index (χ3v) is 4.25. The maximum Gasteiger partial charge on any atom is 0.282 e. The van der Waals surface area contributed by atoms with E-state index in [-0.39, 0.29) is 5.56 Å². The van der Waals surface area contributed by atoms with E-state index in [9.17, 15) is 4.79 Å². The van der Waals surface area contributed by atoms with Crippen molar-refractivity contribution >= 4 is 27.8 Å². The summed E-state index contributed by atoms with van der Waals surface area (Å²) in [5, 5.41) is 6.71. The van der Waals surface area contributed by atoms with Crippen LogP contribution in [-0.4, -0.2) is 29.6 Å². The fourth-order valence-electron chi connectivity index (χ4n) is 2.31. The van der Waals surface area contributed by atoms with Gasteiger partial charge in [-0.3, -0.25) is 4.79 Å². The van der Waals surface area contributed by atoms with E-state index in [1.54, 1.807) is 26.3 Å². The molecular weight excluding hydrogens is 326 g/mol. The van der Waals surface area contributed by atoms with Crippen molar-refractivity contribution < 1.29 is 9.47 Å². The molecule has 124 valence electrons. The summed E-state index contributed by atoms with van der Waals surface area (Å²) in [6.07, 6.45) is 1.61. The van der Waals surface area contributed by atoms with Crippen molar-refractivity contribution in [3.05, 3.63) is 51.4 Å². The highest BCUT2D eigenvalue weighted by Gasteiger charge is 2.08. The SMILES string of the molecule is CCOc1cc(/C=N\n2c(C)nc3sccc3c2=O)ccc1OC. The van der Waals surface area contributed by atoms with Gasteiger partial charge in [0.15, 0.2) is 11.5 Å². The van der Waals surface area contributed by atoms with Crippen molar-refractivity contribution in [2.45, 2.75) is 13.8 Å². The van der Waals surface area contributed by atoms with Crippen LogP contribution in [0.25, 0.3) is 10.2 Å². The van der Waals surface area contributed by atoms with Gasteiger partial charge in [-0.05, 0) is 49.1 Å². The minimum atomic E-state index is -0.173. The molecule has 2 heterocycles. The third-order valence-electron chi connectivity index (χ3n) is 3.45. The molecule has 24 heavy (non-hydrogen) atoms. The lowest BCUT2D eigenvalue weighted by molar-refractivity contribution is 0.311. The Morgan fingerprint density at radius 3 is 2.92 bits per heavy atom. The molecule has 0 atom stereocenters. The first-order valence-electron chi connectivity index (χ1n) is 7.46. The van der Waals surface area contributed by atoms with Crippen LogP contribution in [0.4, 0.5) is 0 Å². The molecule has 0 fully saturated rings. The zero-order valence-corrected chi connectivity index (χ0v) is 14.5. The highest BCUT2D eigenvalue weighted by Crippen LogP contribution is 2.27. The lowest BCUT2D eigenvalue weighted by atomic mass is 10.2. The normalized spacial score (nSPS) is 11.3. The minimum Gasteiger partial charge on any atom is -0.493 e. The number of ether oxygens (including phenoxy) is 2. The van der Waals surface area contributed by atoms with Crippen LogP contribution < -0.4 is 15.0 Å². The fourth-order valence-corrected chi connectivity index (χ4v) is 3.11. The monoisotopic (exact) mass is 343 g/mol. The first-order chi connectivity index (χ1) is 11.6. The van der Waals surface area contributed by atoms with Crippen molar-refractivity contribution in [1.82, 2.24) is 9.66 Å².